The number of amides is 3. The van der Waals surface area contributed by atoms with E-state index in [0.29, 0.717) is 19.4 Å². The molecule has 0 saturated carbocycles. The third-order valence-corrected chi connectivity index (χ3v) is 7.43. The van der Waals surface area contributed by atoms with Crippen molar-refractivity contribution in [2.24, 2.45) is 0 Å². The van der Waals surface area contributed by atoms with Crippen LogP contribution < -0.4 is 4.90 Å². The molecule has 0 bridgehead atoms. The van der Waals surface area contributed by atoms with Crippen LogP contribution in [-0.2, 0) is 14.3 Å². The molecule has 1 aromatic rings. The number of hydrogen-bond acceptors (Lipinski definition) is 6. The number of piperidine rings is 1. The molecule has 12 heteroatoms. The molecule has 3 aliphatic rings. The molecule has 3 saturated heterocycles. The molecule has 9 nitrogen and oxygen atoms in total. The first-order valence-corrected chi connectivity index (χ1v) is 12.9. The molecule has 0 aliphatic carbocycles. The highest BCUT2D eigenvalue weighted by Gasteiger charge is 2.55. The summed E-state index contributed by atoms with van der Waals surface area (Å²) in [4.78, 5) is 46.9. The van der Waals surface area contributed by atoms with Crippen LogP contribution in [0.3, 0.4) is 0 Å². The van der Waals surface area contributed by atoms with Crippen LogP contribution in [0.15, 0.2) is 30.3 Å². The van der Waals surface area contributed by atoms with E-state index in [0.717, 1.165) is 10.6 Å². The summed E-state index contributed by atoms with van der Waals surface area (Å²) in [5.41, 5.74) is -0.888. The molecule has 1 spiro atoms. The van der Waals surface area contributed by atoms with Gasteiger partial charge in [-0.2, -0.15) is 13.2 Å². The highest BCUT2D eigenvalue weighted by molar-refractivity contribution is 5.96. The maximum Gasteiger partial charge on any atom is 0.410 e. The van der Waals surface area contributed by atoms with Gasteiger partial charge in [0, 0.05) is 38.4 Å². The van der Waals surface area contributed by atoms with Gasteiger partial charge < -0.3 is 29.2 Å². The topological polar surface area (TPSA) is 76.6 Å². The van der Waals surface area contributed by atoms with Gasteiger partial charge in [0.15, 0.2) is 0 Å². The summed E-state index contributed by atoms with van der Waals surface area (Å²) >= 11 is 0. The Bertz CT molecular complexity index is 1040. The van der Waals surface area contributed by atoms with Crippen LogP contribution in [0, 0.1) is 0 Å². The molecule has 0 aromatic heterocycles. The Kier molecular flexibility index (Phi) is 7.57. The number of halogens is 3. The van der Waals surface area contributed by atoms with E-state index in [1.54, 1.807) is 37.6 Å². The second kappa shape index (κ2) is 10.3. The van der Waals surface area contributed by atoms with Gasteiger partial charge >= 0.3 is 12.3 Å². The number of anilines is 1. The largest absolute Gasteiger partial charge is 0.444 e. The number of alkyl halides is 3. The average Bonchev–Trinajstić information content (AvgIpc) is 3.09. The molecule has 4 rings (SSSR count). The van der Waals surface area contributed by atoms with Crippen molar-refractivity contribution in [2.75, 3.05) is 57.9 Å². The van der Waals surface area contributed by atoms with Crippen LogP contribution >= 0.6 is 0 Å². The number of carbonyl (C=O) groups excluding carboxylic acids is 3. The summed E-state index contributed by atoms with van der Waals surface area (Å²) in [6.07, 6.45) is -4.40. The minimum absolute atomic E-state index is 0.0556. The third-order valence-electron chi connectivity index (χ3n) is 7.43. The van der Waals surface area contributed by atoms with E-state index in [4.69, 9.17) is 4.74 Å². The Labute approximate surface area is 221 Å². The number of para-hydroxylation sites is 1. The third kappa shape index (κ3) is 5.69. The summed E-state index contributed by atoms with van der Waals surface area (Å²) in [6.45, 7) is 5.52. The quantitative estimate of drug-likeness (QED) is 0.588. The lowest BCUT2D eigenvalue weighted by Gasteiger charge is -2.43. The fourth-order valence-electron chi connectivity index (χ4n) is 5.46. The van der Waals surface area contributed by atoms with Gasteiger partial charge in [0.1, 0.15) is 23.7 Å². The van der Waals surface area contributed by atoms with Gasteiger partial charge in [-0.05, 0) is 52.8 Å². The van der Waals surface area contributed by atoms with E-state index in [1.165, 1.54) is 4.90 Å². The number of likely N-dealkylation sites (N-methyl/N-ethyl adjacent to an activating group) is 1. The number of hydrogen-bond donors (Lipinski definition) is 0. The van der Waals surface area contributed by atoms with Crippen LogP contribution in [0.5, 0.6) is 0 Å². The zero-order valence-corrected chi connectivity index (χ0v) is 22.3. The van der Waals surface area contributed by atoms with E-state index in [-0.39, 0.29) is 38.8 Å². The first-order valence-electron chi connectivity index (χ1n) is 12.9. The Balaban J connectivity index is 1.54. The Hall–Kier alpha value is -3.02. The van der Waals surface area contributed by atoms with Crippen molar-refractivity contribution in [1.82, 2.24) is 19.6 Å². The molecule has 1 unspecified atom stereocenters. The van der Waals surface area contributed by atoms with E-state index >= 15 is 0 Å². The highest BCUT2D eigenvalue weighted by Crippen LogP contribution is 2.40. The Morgan fingerprint density at radius 2 is 1.66 bits per heavy atom. The van der Waals surface area contributed by atoms with Gasteiger partial charge in [0.05, 0.1) is 6.67 Å². The minimum atomic E-state index is -4.56. The molecule has 0 radical (unpaired) electrons. The molecular formula is C26H36F3N5O4. The Morgan fingerprint density at radius 1 is 1.03 bits per heavy atom. The van der Waals surface area contributed by atoms with Crippen LogP contribution in [0.2, 0.25) is 0 Å². The lowest BCUT2D eigenvalue weighted by atomic mass is 9.85. The normalized spacial score (nSPS) is 22.8. The predicted octanol–water partition coefficient (Wildman–Crippen LogP) is 2.77. The van der Waals surface area contributed by atoms with Crippen molar-refractivity contribution >= 4 is 23.6 Å². The number of piperazine rings is 1. The molecule has 1 aromatic carbocycles. The lowest BCUT2D eigenvalue weighted by molar-refractivity contribution is -0.200. The summed E-state index contributed by atoms with van der Waals surface area (Å²) < 4.78 is 46.7. The molecular weight excluding hydrogens is 503 g/mol. The number of likely N-dealkylation sites (tertiary alicyclic amines) is 1. The van der Waals surface area contributed by atoms with Gasteiger partial charge in [-0.15, -0.1) is 0 Å². The highest BCUT2D eigenvalue weighted by atomic mass is 19.4. The number of ether oxygens (including phenoxy) is 1. The van der Waals surface area contributed by atoms with Crippen molar-refractivity contribution in [2.45, 2.75) is 57.0 Å². The summed E-state index contributed by atoms with van der Waals surface area (Å²) in [5, 5.41) is 0. The molecule has 1 atom stereocenters. The average molecular weight is 540 g/mol. The van der Waals surface area contributed by atoms with E-state index in [2.05, 4.69) is 0 Å². The zero-order chi connectivity index (χ0) is 27.9. The summed E-state index contributed by atoms with van der Waals surface area (Å²) in [5.74, 6) is -1.03. The molecule has 3 fully saturated rings. The van der Waals surface area contributed by atoms with Crippen molar-refractivity contribution in [3.05, 3.63) is 30.3 Å². The van der Waals surface area contributed by atoms with Crippen LogP contribution in [0.1, 0.15) is 33.6 Å². The fourth-order valence-corrected chi connectivity index (χ4v) is 5.46. The first kappa shape index (κ1) is 28.0. The molecule has 3 aliphatic heterocycles. The molecule has 3 heterocycles. The molecule has 38 heavy (non-hydrogen) atoms. The minimum Gasteiger partial charge on any atom is -0.444 e. The maximum absolute atomic E-state index is 13.9. The second-order valence-electron chi connectivity index (χ2n) is 11.3. The van der Waals surface area contributed by atoms with Gasteiger partial charge in [-0.3, -0.25) is 9.59 Å². The lowest BCUT2D eigenvalue weighted by Crippen LogP contribution is -2.61. The van der Waals surface area contributed by atoms with E-state index in [9.17, 15) is 27.6 Å². The van der Waals surface area contributed by atoms with Crippen LogP contribution in [-0.4, -0.2) is 114 Å². The van der Waals surface area contributed by atoms with Gasteiger partial charge in [0.25, 0.3) is 5.91 Å². The Morgan fingerprint density at radius 3 is 2.24 bits per heavy atom. The van der Waals surface area contributed by atoms with Gasteiger partial charge in [0.2, 0.25) is 5.91 Å². The monoisotopic (exact) mass is 539 g/mol. The standard InChI is InChI=1S/C26H36F3N5O4/c1-24(2,3)38-23(37)31-12-10-25(11-13-31)22(36)32(18-34(25)19-8-6-5-7-9-19)17-21(35)33-15-14-30(4)16-20(33)26(27,28)29/h5-9,20H,10-18H2,1-4H3. The van der Waals surface area contributed by atoms with Crippen LogP contribution in [0.4, 0.5) is 23.7 Å². The second-order valence-corrected chi connectivity index (χ2v) is 11.3. The number of rotatable bonds is 3. The van der Waals surface area contributed by atoms with Gasteiger partial charge in [-0.1, -0.05) is 18.2 Å². The number of nitrogens with zero attached hydrogens (tertiary/aromatic N) is 5. The summed E-state index contributed by atoms with van der Waals surface area (Å²) in [7, 11) is 1.59. The van der Waals surface area contributed by atoms with Crippen molar-refractivity contribution < 1.29 is 32.3 Å². The number of carbonyl (C=O) groups is 3. The van der Waals surface area contributed by atoms with Crippen molar-refractivity contribution in [1.29, 1.82) is 0 Å². The van der Waals surface area contributed by atoms with E-state index in [1.807, 2.05) is 35.2 Å². The zero-order valence-electron chi connectivity index (χ0n) is 22.3. The number of benzene rings is 1. The summed E-state index contributed by atoms with van der Waals surface area (Å²) in [6, 6.07) is 7.35. The van der Waals surface area contributed by atoms with Gasteiger partial charge in [-0.25, -0.2) is 4.79 Å². The molecule has 3 amide bonds. The maximum atomic E-state index is 13.9. The van der Waals surface area contributed by atoms with Crippen molar-refractivity contribution in [3.8, 4) is 0 Å². The first-order chi connectivity index (χ1) is 17.7. The molecule has 0 N–H and O–H groups in total. The SMILES string of the molecule is CN1CCN(C(=O)CN2CN(c3ccccc3)C3(CCN(C(=O)OC(C)(C)C)CC3)C2=O)C(C(F)(F)F)C1. The van der Waals surface area contributed by atoms with Crippen molar-refractivity contribution in [3.63, 3.8) is 0 Å². The van der Waals surface area contributed by atoms with Crippen LogP contribution in [0.25, 0.3) is 0 Å². The fraction of sp³-hybridized carbons (Fsp3) is 0.654. The predicted molar refractivity (Wildman–Crippen MR) is 134 cm³/mol. The molecule has 210 valence electrons. The smallest absolute Gasteiger partial charge is 0.410 e. The van der Waals surface area contributed by atoms with E-state index < -0.39 is 41.9 Å².